The number of aromatic nitrogens is 2. The first-order chi connectivity index (χ1) is 12.3. The fourth-order valence-electron chi connectivity index (χ4n) is 2.51. The lowest BCUT2D eigenvalue weighted by atomic mass is 10.1. The van der Waals surface area contributed by atoms with Gasteiger partial charge in [-0.25, -0.2) is 0 Å². The maximum absolute atomic E-state index is 12.8. The Morgan fingerprint density at radius 1 is 1.08 bits per heavy atom. The van der Waals surface area contributed by atoms with Gasteiger partial charge in [-0.05, 0) is 30.7 Å². The molecule has 0 saturated carbocycles. The summed E-state index contributed by atoms with van der Waals surface area (Å²) in [6, 6.07) is 15.6. The van der Waals surface area contributed by atoms with E-state index in [2.05, 4.69) is 10.4 Å². The highest BCUT2D eigenvalue weighted by Crippen LogP contribution is 2.29. The number of nitrogens with one attached hydrogen (secondary N) is 1. The zero-order chi connectivity index (χ0) is 18.7. The lowest BCUT2D eigenvalue weighted by Crippen LogP contribution is -2.14. The Bertz CT molecular complexity index is 917. The summed E-state index contributed by atoms with van der Waals surface area (Å²) in [5.74, 6) is -0.346. The van der Waals surface area contributed by atoms with E-state index in [0.29, 0.717) is 12.4 Å². The van der Waals surface area contributed by atoms with E-state index in [-0.39, 0.29) is 5.56 Å². The van der Waals surface area contributed by atoms with E-state index in [1.165, 1.54) is 12.1 Å². The van der Waals surface area contributed by atoms with Crippen LogP contribution in [0.5, 0.6) is 0 Å². The van der Waals surface area contributed by atoms with E-state index in [4.69, 9.17) is 0 Å². The van der Waals surface area contributed by atoms with Gasteiger partial charge in [-0.1, -0.05) is 36.4 Å². The number of benzene rings is 2. The van der Waals surface area contributed by atoms with Gasteiger partial charge in [0.15, 0.2) is 5.82 Å². The molecule has 0 aliphatic heterocycles. The van der Waals surface area contributed by atoms with Crippen LogP contribution in [-0.4, -0.2) is 15.7 Å². The summed E-state index contributed by atoms with van der Waals surface area (Å²) in [5.41, 5.74) is 0.939. The van der Waals surface area contributed by atoms with Crippen molar-refractivity contribution in [2.45, 2.75) is 19.6 Å². The number of hydrogen-bond acceptors (Lipinski definition) is 2. The Morgan fingerprint density at radius 2 is 1.81 bits per heavy atom. The highest BCUT2D eigenvalue weighted by atomic mass is 19.4. The molecule has 1 N–H and O–H groups in total. The van der Waals surface area contributed by atoms with Crippen molar-refractivity contribution in [2.75, 3.05) is 5.32 Å². The van der Waals surface area contributed by atoms with Crippen LogP contribution >= 0.6 is 0 Å². The van der Waals surface area contributed by atoms with E-state index in [1.54, 1.807) is 10.7 Å². The van der Waals surface area contributed by atoms with Crippen molar-refractivity contribution < 1.29 is 18.0 Å². The van der Waals surface area contributed by atoms with E-state index in [9.17, 15) is 18.0 Å². The molecule has 0 aliphatic rings. The molecular formula is C19H16F3N3O. The fourth-order valence-corrected chi connectivity index (χ4v) is 2.51. The number of carbonyl (C=O) groups is 1. The van der Waals surface area contributed by atoms with E-state index < -0.39 is 17.6 Å². The first-order valence-corrected chi connectivity index (χ1v) is 7.90. The summed E-state index contributed by atoms with van der Waals surface area (Å²) >= 11 is 0. The molecule has 0 unspecified atom stereocenters. The van der Waals surface area contributed by atoms with E-state index >= 15 is 0 Å². The second-order valence-corrected chi connectivity index (χ2v) is 5.85. The Labute approximate surface area is 148 Å². The van der Waals surface area contributed by atoms with Crippen LogP contribution < -0.4 is 5.32 Å². The SMILES string of the molecule is Cc1cc(NC(=O)c2cccc(C(F)(F)F)c2)nn1Cc1ccccc1. The number of halogens is 3. The molecule has 2 aromatic carbocycles. The van der Waals surface area contributed by atoms with Crippen molar-refractivity contribution in [2.24, 2.45) is 0 Å². The molecule has 0 fully saturated rings. The molecule has 0 radical (unpaired) electrons. The molecular weight excluding hydrogens is 343 g/mol. The van der Waals surface area contributed by atoms with E-state index in [0.717, 1.165) is 23.4 Å². The monoisotopic (exact) mass is 359 g/mol. The zero-order valence-electron chi connectivity index (χ0n) is 13.9. The lowest BCUT2D eigenvalue weighted by molar-refractivity contribution is -0.137. The summed E-state index contributed by atoms with van der Waals surface area (Å²) < 4.78 is 40.0. The number of nitrogens with zero attached hydrogens (tertiary/aromatic N) is 2. The van der Waals surface area contributed by atoms with Crippen molar-refractivity contribution in [3.63, 3.8) is 0 Å². The lowest BCUT2D eigenvalue weighted by Gasteiger charge is -2.08. The average molecular weight is 359 g/mol. The third-order valence-corrected chi connectivity index (χ3v) is 3.85. The van der Waals surface area contributed by atoms with Crippen molar-refractivity contribution in [1.82, 2.24) is 9.78 Å². The molecule has 7 heteroatoms. The predicted octanol–water partition coefficient (Wildman–Crippen LogP) is 4.51. The number of amides is 1. The van der Waals surface area contributed by atoms with Crippen LogP contribution in [0.25, 0.3) is 0 Å². The molecule has 0 saturated heterocycles. The second-order valence-electron chi connectivity index (χ2n) is 5.85. The number of hydrogen-bond donors (Lipinski definition) is 1. The number of carbonyl (C=O) groups excluding carboxylic acids is 1. The van der Waals surface area contributed by atoms with Crippen LogP contribution in [0.15, 0.2) is 60.7 Å². The van der Waals surface area contributed by atoms with Gasteiger partial charge >= 0.3 is 6.18 Å². The highest BCUT2D eigenvalue weighted by Gasteiger charge is 2.30. The minimum Gasteiger partial charge on any atom is -0.305 e. The van der Waals surface area contributed by atoms with Gasteiger partial charge < -0.3 is 5.32 Å². The molecule has 0 bridgehead atoms. The van der Waals surface area contributed by atoms with Crippen LogP contribution in [0.2, 0.25) is 0 Å². The number of aryl methyl sites for hydroxylation is 1. The summed E-state index contributed by atoms with van der Waals surface area (Å²) in [6.45, 7) is 2.38. The molecule has 134 valence electrons. The predicted molar refractivity (Wildman–Crippen MR) is 91.9 cm³/mol. The smallest absolute Gasteiger partial charge is 0.305 e. The van der Waals surface area contributed by atoms with Crippen LogP contribution in [0.3, 0.4) is 0 Å². The molecule has 0 atom stereocenters. The van der Waals surface area contributed by atoms with Gasteiger partial charge in [0.1, 0.15) is 0 Å². The molecule has 1 heterocycles. The Balaban J connectivity index is 1.75. The molecule has 0 aliphatic carbocycles. The van der Waals surface area contributed by atoms with Crippen LogP contribution in [0.1, 0.15) is 27.2 Å². The van der Waals surface area contributed by atoms with Crippen molar-refractivity contribution >= 4 is 11.7 Å². The Kier molecular flexibility index (Phi) is 4.79. The fraction of sp³-hybridized carbons (Fsp3) is 0.158. The summed E-state index contributed by atoms with van der Waals surface area (Å²) in [4.78, 5) is 12.2. The number of anilines is 1. The molecule has 3 rings (SSSR count). The first-order valence-electron chi connectivity index (χ1n) is 7.90. The van der Waals surface area contributed by atoms with Gasteiger partial charge in [0.2, 0.25) is 0 Å². The van der Waals surface area contributed by atoms with Crippen LogP contribution in [0.4, 0.5) is 19.0 Å². The standard InChI is InChI=1S/C19H16F3N3O/c1-13-10-17(24-25(13)12-14-6-3-2-4-7-14)23-18(26)15-8-5-9-16(11-15)19(20,21)22/h2-11H,12H2,1H3,(H,23,24,26). The summed E-state index contributed by atoms with van der Waals surface area (Å²) in [6.07, 6.45) is -4.50. The van der Waals surface area contributed by atoms with Gasteiger partial charge in [-0.15, -0.1) is 0 Å². The molecule has 26 heavy (non-hydrogen) atoms. The average Bonchev–Trinajstić information content (AvgIpc) is 2.94. The summed E-state index contributed by atoms with van der Waals surface area (Å²) in [5, 5.41) is 6.85. The largest absolute Gasteiger partial charge is 0.416 e. The van der Waals surface area contributed by atoms with Gasteiger partial charge in [-0.3, -0.25) is 9.48 Å². The molecule has 4 nitrogen and oxygen atoms in total. The van der Waals surface area contributed by atoms with Crippen LogP contribution in [-0.2, 0) is 12.7 Å². The van der Waals surface area contributed by atoms with Gasteiger partial charge in [-0.2, -0.15) is 18.3 Å². The topological polar surface area (TPSA) is 46.9 Å². The quantitative estimate of drug-likeness (QED) is 0.745. The Hall–Kier alpha value is -3.09. The minimum absolute atomic E-state index is 0.0740. The third kappa shape index (κ3) is 4.11. The van der Waals surface area contributed by atoms with Crippen molar-refractivity contribution in [3.05, 3.63) is 83.0 Å². The molecule has 0 spiro atoms. The Morgan fingerprint density at radius 3 is 2.50 bits per heavy atom. The number of rotatable bonds is 4. The second kappa shape index (κ2) is 7.03. The molecule has 1 aromatic heterocycles. The minimum atomic E-state index is -4.50. The maximum Gasteiger partial charge on any atom is 0.416 e. The number of alkyl halides is 3. The van der Waals surface area contributed by atoms with Crippen LogP contribution in [0, 0.1) is 6.92 Å². The maximum atomic E-state index is 12.8. The van der Waals surface area contributed by atoms with Gasteiger partial charge in [0, 0.05) is 17.3 Å². The first kappa shape index (κ1) is 17.7. The van der Waals surface area contributed by atoms with Crippen molar-refractivity contribution in [3.8, 4) is 0 Å². The highest BCUT2D eigenvalue weighted by molar-refractivity contribution is 6.03. The van der Waals surface area contributed by atoms with Gasteiger partial charge in [0.25, 0.3) is 5.91 Å². The third-order valence-electron chi connectivity index (χ3n) is 3.85. The van der Waals surface area contributed by atoms with Crippen molar-refractivity contribution in [1.29, 1.82) is 0 Å². The van der Waals surface area contributed by atoms with E-state index in [1.807, 2.05) is 37.3 Å². The molecule has 1 amide bonds. The molecule has 3 aromatic rings. The summed E-state index contributed by atoms with van der Waals surface area (Å²) in [7, 11) is 0. The normalized spacial score (nSPS) is 11.4. The zero-order valence-corrected chi connectivity index (χ0v) is 13.9. The van der Waals surface area contributed by atoms with Gasteiger partial charge in [0.05, 0.1) is 12.1 Å².